The van der Waals surface area contributed by atoms with E-state index in [2.05, 4.69) is 0 Å². The summed E-state index contributed by atoms with van der Waals surface area (Å²) in [5.74, 6) is 1.78. The Morgan fingerprint density at radius 3 is 2.75 bits per heavy atom. The van der Waals surface area contributed by atoms with E-state index in [0.29, 0.717) is 5.57 Å². The molecule has 0 aromatic heterocycles. The first-order chi connectivity index (χ1) is 3.81. The van der Waals surface area contributed by atoms with Gasteiger partial charge in [-0.05, 0) is 13.3 Å². The van der Waals surface area contributed by atoms with Gasteiger partial charge in [0, 0.05) is 5.57 Å². The molecule has 0 radical (unpaired) electrons. The average Bonchev–Trinajstić information content (AvgIpc) is 1.83. The van der Waals surface area contributed by atoms with Gasteiger partial charge in [0.1, 0.15) is 5.94 Å². The zero-order chi connectivity index (χ0) is 6.41. The fraction of sp³-hybridized carbons (Fsp3) is 0.429. The number of rotatable bonds is 2. The van der Waals surface area contributed by atoms with Gasteiger partial charge < -0.3 is 0 Å². The highest BCUT2D eigenvalue weighted by atomic mass is 16.1. The third-order valence-electron chi connectivity index (χ3n) is 0.765. The Bertz CT molecular complexity index is 127. The van der Waals surface area contributed by atoms with Crippen molar-refractivity contribution in [2.45, 2.75) is 20.3 Å². The van der Waals surface area contributed by atoms with Crippen LogP contribution in [0.2, 0.25) is 0 Å². The standard InChI is InChI=1S/C7H10O/c1-3-4-5-7(2)6-8/h4-5H,3H2,1-2H3/b5-4+. The molecule has 0 aliphatic carbocycles. The van der Waals surface area contributed by atoms with E-state index in [-0.39, 0.29) is 0 Å². The topological polar surface area (TPSA) is 17.1 Å². The Kier molecular flexibility index (Phi) is 3.91. The molecular weight excluding hydrogens is 100 g/mol. The molecule has 0 amide bonds. The first-order valence-electron chi connectivity index (χ1n) is 2.69. The summed E-state index contributed by atoms with van der Waals surface area (Å²) in [5.41, 5.74) is 0.659. The summed E-state index contributed by atoms with van der Waals surface area (Å²) >= 11 is 0. The first-order valence-corrected chi connectivity index (χ1v) is 2.69. The van der Waals surface area contributed by atoms with Crippen molar-refractivity contribution >= 4 is 5.94 Å². The second-order valence-corrected chi connectivity index (χ2v) is 1.60. The lowest BCUT2D eigenvalue weighted by Gasteiger charge is -1.77. The van der Waals surface area contributed by atoms with E-state index in [0.717, 1.165) is 6.42 Å². The monoisotopic (exact) mass is 110 g/mol. The molecule has 8 heavy (non-hydrogen) atoms. The third kappa shape index (κ3) is 3.38. The highest BCUT2D eigenvalue weighted by Crippen LogP contribution is 1.88. The SMILES string of the molecule is CC/C=C/C(C)=C=O. The maximum absolute atomic E-state index is 9.80. The average molecular weight is 110 g/mol. The molecule has 44 valence electrons. The van der Waals surface area contributed by atoms with Crippen molar-refractivity contribution in [3.63, 3.8) is 0 Å². The van der Waals surface area contributed by atoms with Crippen LogP contribution in [0.1, 0.15) is 20.3 Å². The maximum Gasteiger partial charge on any atom is 0.127 e. The van der Waals surface area contributed by atoms with Gasteiger partial charge in [-0.2, -0.15) is 0 Å². The van der Waals surface area contributed by atoms with Gasteiger partial charge >= 0.3 is 0 Å². The molecule has 0 aromatic rings. The second kappa shape index (κ2) is 4.35. The lowest BCUT2D eigenvalue weighted by atomic mass is 10.3. The van der Waals surface area contributed by atoms with Gasteiger partial charge in [-0.3, -0.25) is 0 Å². The zero-order valence-electron chi connectivity index (χ0n) is 5.27. The lowest BCUT2D eigenvalue weighted by molar-refractivity contribution is 0.567. The highest BCUT2D eigenvalue weighted by molar-refractivity contribution is 5.55. The van der Waals surface area contributed by atoms with E-state index < -0.39 is 0 Å². The van der Waals surface area contributed by atoms with E-state index in [9.17, 15) is 4.79 Å². The summed E-state index contributed by atoms with van der Waals surface area (Å²) in [4.78, 5) is 9.80. The molecule has 0 bridgehead atoms. The minimum atomic E-state index is 0.659. The van der Waals surface area contributed by atoms with Crippen LogP contribution in [0.15, 0.2) is 17.7 Å². The molecular formula is C7H10O. The Morgan fingerprint density at radius 2 is 2.38 bits per heavy atom. The first kappa shape index (κ1) is 7.19. The van der Waals surface area contributed by atoms with E-state index in [1.54, 1.807) is 18.9 Å². The number of carbonyl (C=O) groups excluding carboxylic acids is 1. The van der Waals surface area contributed by atoms with E-state index >= 15 is 0 Å². The van der Waals surface area contributed by atoms with Gasteiger partial charge in [0.05, 0.1) is 0 Å². The van der Waals surface area contributed by atoms with Crippen LogP contribution >= 0.6 is 0 Å². The molecule has 0 atom stereocenters. The van der Waals surface area contributed by atoms with Gasteiger partial charge in [-0.15, -0.1) is 0 Å². The largest absolute Gasteiger partial charge is 0.233 e. The summed E-state index contributed by atoms with van der Waals surface area (Å²) in [6.45, 7) is 3.76. The van der Waals surface area contributed by atoms with Gasteiger partial charge in [0.25, 0.3) is 0 Å². The fourth-order valence-corrected chi connectivity index (χ4v) is 0.329. The van der Waals surface area contributed by atoms with Crippen molar-refractivity contribution in [1.82, 2.24) is 0 Å². The van der Waals surface area contributed by atoms with Crippen LogP contribution in [0.5, 0.6) is 0 Å². The quantitative estimate of drug-likeness (QED) is 0.391. The fourth-order valence-electron chi connectivity index (χ4n) is 0.329. The van der Waals surface area contributed by atoms with Crippen LogP contribution in [0, 0.1) is 0 Å². The molecule has 1 nitrogen and oxygen atoms in total. The van der Waals surface area contributed by atoms with Crippen LogP contribution < -0.4 is 0 Å². The van der Waals surface area contributed by atoms with Crippen LogP contribution in [0.3, 0.4) is 0 Å². The van der Waals surface area contributed by atoms with Crippen molar-refractivity contribution in [1.29, 1.82) is 0 Å². The van der Waals surface area contributed by atoms with E-state index in [1.807, 2.05) is 13.0 Å². The molecule has 0 saturated heterocycles. The number of hydrogen-bond acceptors (Lipinski definition) is 1. The normalized spacial score (nSPS) is 9.25. The number of hydrogen-bond donors (Lipinski definition) is 0. The van der Waals surface area contributed by atoms with Gasteiger partial charge in [0.2, 0.25) is 0 Å². The van der Waals surface area contributed by atoms with Gasteiger partial charge in [-0.25, -0.2) is 4.79 Å². The summed E-state index contributed by atoms with van der Waals surface area (Å²) in [6.07, 6.45) is 4.67. The molecule has 0 rings (SSSR count). The molecule has 0 fully saturated rings. The summed E-state index contributed by atoms with van der Waals surface area (Å²) in [7, 11) is 0. The van der Waals surface area contributed by atoms with Crippen molar-refractivity contribution in [2.75, 3.05) is 0 Å². The molecule has 0 saturated carbocycles. The minimum absolute atomic E-state index is 0.659. The predicted octanol–water partition coefficient (Wildman–Crippen LogP) is 1.73. The molecule has 0 aromatic carbocycles. The summed E-state index contributed by atoms with van der Waals surface area (Å²) in [6, 6.07) is 0. The van der Waals surface area contributed by atoms with E-state index in [4.69, 9.17) is 0 Å². The Morgan fingerprint density at radius 1 is 1.75 bits per heavy atom. The molecule has 0 unspecified atom stereocenters. The van der Waals surface area contributed by atoms with Crippen LogP contribution in [-0.4, -0.2) is 5.94 Å². The molecule has 0 N–H and O–H groups in total. The van der Waals surface area contributed by atoms with Gasteiger partial charge in [-0.1, -0.05) is 19.1 Å². The third-order valence-corrected chi connectivity index (χ3v) is 0.765. The molecule has 0 aliphatic rings. The summed E-state index contributed by atoms with van der Waals surface area (Å²) < 4.78 is 0. The van der Waals surface area contributed by atoms with E-state index in [1.165, 1.54) is 0 Å². The number of allylic oxidation sites excluding steroid dienone is 3. The Labute approximate surface area is 49.7 Å². The van der Waals surface area contributed by atoms with Crippen molar-refractivity contribution < 1.29 is 4.79 Å². The Balaban J connectivity index is 3.71. The van der Waals surface area contributed by atoms with Crippen LogP contribution in [-0.2, 0) is 4.79 Å². The molecule has 0 spiro atoms. The molecule has 0 heterocycles. The molecule has 1 heteroatoms. The van der Waals surface area contributed by atoms with Gasteiger partial charge in [0.15, 0.2) is 0 Å². The van der Waals surface area contributed by atoms with Crippen molar-refractivity contribution in [3.8, 4) is 0 Å². The Hall–Kier alpha value is -0.810. The smallest absolute Gasteiger partial charge is 0.127 e. The van der Waals surface area contributed by atoms with Crippen LogP contribution in [0.25, 0.3) is 0 Å². The second-order valence-electron chi connectivity index (χ2n) is 1.60. The molecule has 0 aliphatic heterocycles. The van der Waals surface area contributed by atoms with Crippen molar-refractivity contribution in [2.24, 2.45) is 0 Å². The minimum Gasteiger partial charge on any atom is -0.233 e. The van der Waals surface area contributed by atoms with Crippen LogP contribution in [0.4, 0.5) is 0 Å². The lowest BCUT2D eigenvalue weighted by Crippen LogP contribution is -1.65. The maximum atomic E-state index is 9.80. The zero-order valence-corrected chi connectivity index (χ0v) is 5.27. The summed E-state index contributed by atoms with van der Waals surface area (Å²) in [5, 5.41) is 0. The predicted molar refractivity (Wildman–Crippen MR) is 34.3 cm³/mol. The van der Waals surface area contributed by atoms with Crippen molar-refractivity contribution in [3.05, 3.63) is 17.7 Å². The highest BCUT2D eigenvalue weighted by Gasteiger charge is 1.74.